The number of aliphatic hydroxyl groups is 1. The van der Waals surface area contributed by atoms with Crippen LogP contribution in [0.5, 0.6) is 0 Å². The van der Waals surface area contributed by atoms with Crippen LogP contribution in [0.1, 0.15) is 13.3 Å². The Balaban J connectivity index is 1.75. The molecule has 1 fully saturated rings. The summed E-state index contributed by atoms with van der Waals surface area (Å²) >= 11 is 0. The summed E-state index contributed by atoms with van der Waals surface area (Å²) in [5.41, 5.74) is 1.51. The molecular formula is C14H18N6O2. The molecule has 2 heterocycles. The van der Waals surface area contributed by atoms with Crippen molar-refractivity contribution in [1.82, 2.24) is 25.5 Å². The number of rotatable bonds is 4. The number of nitrogens with zero attached hydrogens (tertiary/aromatic N) is 4. The molecule has 1 saturated heterocycles. The summed E-state index contributed by atoms with van der Waals surface area (Å²) in [6.45, 7) is 3.08. The summed E-state index contributed by atoms with van der Waals surface area (Å²) < 4.78 is 1.69. The summed E-state index contributed by atoms with van der Waals surface area (Å²) in [4.78, 5) is 12.2. The molecule has 0 spiro atoms. The van der Waals surface area contributed by atoms with Crippen LogP contribution in [0.25, 0.3) is 11.4 Å². The number of aliphatic hydroxyl groups excluding tert-OH is 1. The number of carbonyl (C=O) groups is 1. The predicted molar refractivity (Wildman–Crippen MR) is 80.0 cm³/mol. The summed E-state index contributed by atoms with van der Waals surface area (Å²) in [7, 11) is 0. The van der Waals surface area contributed by atoms with Gasteiger partial charge in [-0.3, -0.25) is 4.79 Å². The van der Waals surface area contributed by atoms with Crippen LogP contribution in [0.2, 0.25) is 0 Å². The highest BCUT2D eigenvalue weighted by Crippen LogP contribution is 2.20. The quantitative estimate of drug-likeness (QED) is 0.735. The third-order valence-electron chi connectivity index (χ3n) is 3.64. The molecule has 3 N–H and O–H groups in total. The molecule has 0 radical (unpaired) electrons. The smallest absolute Gasteiger partial charge is 0.241 e. The van der Waals surface area contributed by atoms with Crippen LogP contribution in [0.4, 0.5) is 5.69 Å². The molecule has 0 bridgehead atoms. The van der Waals surface area contributed by atoms with E-state index >= 15 is 0 Å². The van der Waals surface area contributed by atoms with E-state index in [4.69, 9.17) is 0 Å². The van der Waals surface area contributed by atoms with E-state index in [2.05, 4.69) is 26.2 Å². The largest absolute Gasteiger partial charge is 0.392 e. The molecule has 0 aliphatic carbocycles. The SMILES string of the molecule is CCn1nnnc1-c1cccc(NC(=O)C2CC(O)CN2)c1. The summed E-state index contributed by atoms with van der Waals surface area (Å²) in [6, 6.07) is 7.02. The Kier molecular flexibility index (Phi) is 4.12. The zero-order chi connectivity index (χ0) is 15.5. The molecule has 2 unspecified atom stereocenters. The Morgan fingerprint density at radius 2 is 2.41 bits per heavy atom. The number of amides is 1. The Morgan fingerprint density at radius 1 is 1.55 bits per heavy atom. The van der Waals surface area contributed by atoms with Gasteiger partial charge < -0.3 is 15.7 Å². The molecule has 1 aromatic carbocycles. The number of anilines is 1. The molecule has 1 aromatic heterocycles. The van der Waals surface area contributed by atoms with Crippen LogP contribution in [0, 0.1) is 0 Å². The first kappa shape index (κ1) is 14.6. The fourth-order valence-corrected chi connectivity index (χ4v) is 2.51. The fourth-order valence-electron chi connectivity index (χ4n) is 2.51. The third-order valence-corrected chi connectivity index (χ3v) is 3.64. The van der Waals surface area contributed by atoms with Gasteiger partial charge in [0, 0.05) is 24.3 Å². The van der Waals surface area contributed by atoms with Crippen molar-refractivity contribution in [2.45, 2.75) is 32.0 Å². The van der Waals surface area contributed by atoms with Crippen LogP contribution in [-0.2, 0) is 11.3 Å². The van der Waals surface area contributed by atoms with Crippen LogP contribution >= 0.6 is 0 Å². The second kappa shape index (κ2) is 6.20. The zero-order valence-electron chi connectivity index (χ0n) is 12.2. The minimum absolute atomic E-state index is 0.149. The van der Waals surface area contributed by atoms with Gasteiger partial charge in [0.2, 0.25) is 5.91 Å². The standard InChI is InChI=1S/C14H18N6O2/c1-2-20-13(17-18-19-20)9-4-3-5-10(6-9)16-14(22)12-7-11(21)8-15-12/h3-6,11-12,15,21H,2,7-8H2,1H3,(H,16,22). The molecule has 1 aliphatic heterocycles. The number of β-amino-alcohol motifs (C(OH)–C–C–N with tert-alkyl or cyclic N) is 1. The average Bonchev–Trinajstić information content (AvgIpc) is 3.15. The van der Waals surface area contributed by atoms with Crippen LogP contribution in [-0.4, -0.2) is 49.9 Å². The predicted octanol–water partition coefficient (Wildman–Crippen LogP) is 0.0213. The lowest BCUT2D eigenvalue weighted by atomic mass is 10.1. The molecule has 22 heavy (non-hydrogen) atoms. The average molecular weight is 302 g/mol. The van der Waals surface area contributed by atoms with Gasteiger partial charge in [0.15, 0.2) is 5.82 Å². The third kappa shape index (κ3) is 2.97. The van der Waals surface area contributed by atoms with Gasteiger partial charge in [0.1, 0.15) is 0 Å². The minimum Gasteiger partial charge on any atom is -0.392 e. The van der Waals surface area contributed by atoms with Crippen molar-refractivity contribution in [3.8, 4) is 11.4 Å². The van der Waals surface area contributed by atoms with Crippen LogP contribution in [0.3, 0.4) is 0 Å². The highest BCUT2D eigenvalue weighted by molar-refractivity contribution is 5.95. The number of tetrazole rings is 1. The van der Waals surface area contributed by atoms with Crippen molar-refractivity contribution in [3.63, 3.8) is 0 Å². The van der Waals surface area contributed by atoms with Gasteiger partial charge >= 0.3 is 0 Å². The molecule has 8 nitrogen and oxygen atoms in total. The first-order valence-corrected chi connectivity index (χ1v) is 7.26. The van der Waals surface area contributed by atoms with E-state index in [-0.39, 0.29) is 11.9 Å². The summed E-state index contributed by atoms with van der Waals surface area (Å²) in [5, 5.41) is 26.9. The fraction of sp³-hybridized carbons (Fsp3) is 0.429. The van der Waals surface area contributed by atoms with Crippen molar-refractivity contribution in [1.29, 1.82) is 0 Å². The second-order valence-corrected chi connectivity index (χ2v) is 5.24. The molecule has 1 aliphatic rings. The topological polar surface area (TPSA) is 105 Å². The molecule has 2 aromatic rings. The van der Waals surface area contributed by atoms with Gasteiger partial charge in [-0.1, -0.05) is 12.1 Å². The van der Waals surface area contributed by atoms with Gasteiger partial charge in [-0.2, -0.15) is 0 Å². The lowest BCUT2D eigenvalue weighted by Crippen LogP contribution is -2.35. The van der Waals surface area contributed by atoms with E-state index in [9.17, 15) is 9.90 Å². The molecule has 3 rings (SSSR count). The highest BCUT2D eigenvalue weighted by atomic mass is 16.3. The van der Waals surface area contributed by atoms with Crippen molar-refractivity contribution in [2.24, 2.45) is 0 Å². The number of aromatic nitrogens is 4. The number of nitrogens with one attached hydrogen (secondary N) is 2. The molecule has 8 heteroatoms. The van der Waals surface area contributed by atoms with Crippen LogP contribution < -0.4 is 10.6 Å². The maximum atomic E-state index is 12.2. The van der Waals surface area contributed by atoms with E-state index in [1.807, 2.05) is 31.2 Å². The molecule has 2 atom stereocenters. The maximum absolute atomic E-state index is 12.2. The lowest BCUT2D eigenvalue weighted by Gasteiger charge is -2.11. The summed E-state index contributed by atoms with van der Waals surface area (Å²) in [5.74, 6) is 0.511. The Bertz CT molecular complexity index is 671. The number of carbonyl (C=O) groups excluding carboxylic acids is 1. The van der Waals surface area contributed by atoms with E-state index in [1.54, 1.807) is 4.68 Å². The Morgan fingerprint density at radius 3 is 3.14 bits per heavy atom. The monoisotopic (exact) mass is 302 g/mol. The van der Waals surface area contributed by atoms with Crippen LogP contribution in [0.15, 0.2) is 24.3 Å². The van der Waals surface area contributed by atoms with Crippen molar-refractivity contribution in [3.05, 3.63) is 24.3 Å². The molecule has 0 saturated carbocycles. The lowest BCUT2D eigenvalue weighted by molar-refractivity contribution is -0.117. The van der Waals surface area contributed by atoms with E-state index < -0.39 is 6.10 Å². The van der Waals surface area contributed by atoms with Gasteiger partial charge in [-0.25, -0.2) is 4.68 Å². The van der Waals surface area contributed by atoms with Gasteiger partial charge in [-0.15, -0.1) is 5.10 Å². The number of benzene rings is 1. The first-order valence-electron chi connectivity index (χ1n) is 7.26. The van der Waals surface area contributed by atoms with E-state index in [1.165, 1.54) is 0 Å². The van der Waals surface area contributed by atoms with E-state index in [0.29, 0.717) is 31.0 Å². The van der Waals surface area contributed by atoms with Crippen molar-refractivity contribution in [2.75, 3.05) is 11.9 Å². The second-order valence-electron chi connectivity index (χ2n) is 5.24. The number of hydrogen-bond acceptors (Lipinski definition) is 6. The van der Waals surface area contributed by atoms with Crippen molar-refractivity contribution >= 4 is 11.6 Å². The number of hydrogen-bond donors (Lipinski definition) is 3. The molecule has 116 valence electrons. The van der Waals surface area contributed by atoms with Crippen molar-refractivity contribution < 1.29 is 9.90 Å². The minimum atomic E-state index is -0.462. The normalized spacial score (nSPS) is 21.0. The van der Waals surface area contributed by atoms with E-state index in [0.717, 1.165) is 5.56 Å². The number of aryl methyl sites for hydroxylation is 1. The molecule has 1 amide bonds. The zero-order valence-corrected chi connectivity index (χ0v) is 12.2. The Hall–Kier alpha value is -2.32. The van der Waals surface area contributed by atoms with Gasteiger partial charge in [0.05, 0.1) is 12.1 Å². The first-order chi connectivity index (χ1) is 10.7. The maximum Gasteiger partial charge on any atom is 0.241 e. The molecular weight excluding hydrogens is 284 g/mol. The Labute approximate surface area is 127 Å². The summed E-state index contributed by atoms with van der Waals surface area (Å²) in [6.07, 6.45) is -0.0316. The highest BCUT2D eigenvalue weighted by Gasteiger charge is 2.28. The van der Waals surface area contributed by atoms with Gasteiger partial charge in [-0.05, 0) is 35.9 Å². The van der Waals surface area contributed by atoms with Gasteiger partial charge in [0.25, 0.3) is 0 Å².